The first-order valence-corrected chi connectivity index (χ1v) is 7.23. The summed E-state index contributed by atoms with van der Waals surface area (Å²) in [6.07, 6.45) is 0. The number of halogens is 2. The van der Waals surface area contributed by atoms with E-state index in [1.54, 1.807) is 24.3 Å². The molecular formula is C12H8F2O4S2. The summed E-state index contributed by atoms with van der Waals surface area (Å²) < 4.78 is 53.5. The van der Waals surface area contributed by atoms with E-state index in [1.165, 1.54) is 24.3 Å². The fourth-order valence-corrected chi connectivity index (χ4v) is 2.08. The molecule has 0 heterocycles. The number of hydrogen-bond donors (Lipinski definition) is 0. The van der Waals surface area contributed by atoms with E-state index in [4.69, 9.17) is 0 Å². The van der Waals surface area contributed by atoms with Gasteiger partial charge in [-0.15, -0.1) is 0 Å². The molecule has 0 bridgehead atoms. The SMILES string of the molecule is O=S(F)Oc1ccc(-c2ccc(OS(=O)F)cc2)cc1. The summed E-state index contributed by atoms with van der Waals surface area (Å²) in [4.78, 5) is 0. The molecule has 106 valence electrons. The molecule has 8 heteroatoms. The topological polar surface area (TPSA) is 52.6 Å². The van der Waals surface area contributed by atoms with Gasteiger partial charge in [0.05, 0.1) is 0 Å². The number of hydrogen-bond acceptors (Lipinski definition) is 4. The third-order valence-electron chi connectivity index (χ3n) is 2.37. The zero-order chi connectivity index (χ0) is 14.5. The average Bonchev–Trinajstić information content (AvgIpc) is 2.39. The molecule has 0 saturated heterocycles. The van der Waals surface area contributed by atoms with Crippen molar-refractivity contribution in [2.75, 3.05) is 0 Å². The van der Waals surface area contributed by atoms with Crippen molar-refractivity contribution < 1.29 is 24.6 Å². The second-order valence-electron chi connectivity index (χ2n) is 3.60. The minimum Gasteiger partial charge on any atom is -0.377 e. The van der Waals surface area contributed by atoms with Crippen LogP contribution in [-0.2, 0) is 22.9 Å². The molecule has 2 aromatic rings. The van der Waals surface area contributed by atoms with Gasteiger partial charge in [-0.05, 0) is 35.4 Å². The molecule has 0 aliphatic carbocycles. The Kier molecular flexibility index (Phi) is 4.80. The van der Waals surface area contributed by atoms with Crippen LogP contribution in [0.2, 0.25) is 0 Å². The third kappa shape index (κ3) is 4.10. The molecule has 0 aliphatic rings. The van der Waals surface area contributed by atoms with E-state index in [1.807, 2.05) is 0 Å². The Morgan fingerprint density at radius 1 is 0.650 bits per heavy atom. The molecule has 0 spiro atoms. The highest BCUT2D eigenvalue weighted by Crippen LogP contribution is 2.25. The largest absolute Gasteiger partial charge is 0.401 e. The van der Waals surface area contributed by atoms with Crippen molar-refractivity contribution in [2.24, 2.45) is 0 Å². The normalized spacial score (nSPS) is 13.5. The standard InChI is InChI=1S/C12H8F2O4S2/c13-19(15)17-11-5-1-9(2-6-11)10-3-7-12(8-4-10)18-20(14)16/h1-8H. The lowest BCUT2D eigenvalue weighted by molar-refractivity contribution is 0.517. The average molecular weight is 318 g/mol. The van der Waals surface area contributed by atoms with Gasteiger partial charge in [0.25, 0.3) is 0 Å². The van der Waals surface area contributed by atoms with Crippen LogP contribution >= 0.6 is 0 Å². The fraction of sp³-hybridized carbons (Fsp3) is 0. The summed E-state index contributed by atoms with van der Waals surface area (Å²) in [5.41, 5.74) is 1.57. The molecule has 2 rings (SSSR count). The predicted molar refractivity (Wildman–Crippen MR) is 71.6 cm³/mol. The van der Waals surface area contributed by atoms with Gasteiger partial charge in [0, 0.05) is 0 Å². The van der Waals surface area contributed by atoms with E-state index in [2.05, 4.69) is 8.37 Å². The van der Waals surface area contributed by atoms with Gasteiger partial charge in [-0.25, -0.2) is 0 Å². The zero-order valence-electron chi connectivity index (χ0n) is 9.82. The molecule has 20 heavy (non-hydrogen) atoms. The molecule has 0 radical (unpaired) electrons. The van der Waals surface area contributed by atoms with Crippen LogP contribution in [-0.4, -0.2) is 8.42 Å². The van der Waals surface area contributed by atoms with E-state index >= 15 is 0 Å². The smallest absolute Gasteiger partial charge is 0.377 e. The van der Waals surface area contributed by atoms with Crippen molar-refractivity contribution in [3.05, 3.63) is 48.5 Å². The summed E-state index contributed by atoms with van der Waals surface area (Å²) in [7, 11) is 0. The highest BCUT2D eigenvalue weighted by atomic mass is 32.2. The van der Waals surface area contributed by atoms with Gasteiger partial charge in [-0.3, -0.25) is 0 Å². The van der Waals surface area contributed by atoms with Gasteiger partial charge < -0.3 is 8.37 Å². The third-order valence-corrected chi connectivity index (χ3v) is 3.01. The molecule has 2 aromatic carbocycles. The zero-order valence-corrected chi connectivity index (χ0v) is 11.5. The van der Waals surface area contributed by atoms with Crippen LogP contribution in [0.25, 0.3) is 11.1 Å². The summed E-state index contributed by atoms with van der Waals surface area (Å²) >= 11 is -5.71. The van der Waals surface area contributed by atoms with E-state index in [0.29, 0.717) is 0 Å². The van der Waals surface area contributed by atoms with Crippen LogP contribution in [0.15, 0.2) is 48.5 Å². The Hall–Kier alpha value is -1.80. The lowest BCUT2D eigenvalue weighted by atomic mass is 10.1. The van der Waals surface area contributed by atoms with E-state index in [-0.39, 0.29) is 11.5 Å². The van der Waals surface area contributed by atoms with Crippen molar-refractivity contribution in [1.29, 1.82) is 0 Å². The van der Waals surface area contributed by atoms with Crippen LogP contribution in [0, 0.1) is 0 Å². The van der Waals surface area contributed by atoms with Gasteiger partial charge in [0.1, 0.15) is 11.5 Å². The second kappa shape index (κ2) is 6.58. The van der Waals surface area contributed by atoms with Crippen molar-refractivity contribution in [3.8, 4) is 22.6 Å². The van der Waals surface area contributed by atoms with Gasteiger partial charge in [0.15, 0.2) is 0 Å². The maximum absolute atomic E-state index is 12.1. The van der Waals surface area contributed by atoms with Crippen molar-refractivity contribution in [2.45, 2.75) is 0 Å². The lowest BCUT2D eigenvalue weighted by Crippen LogP contribution is -1.92. The molecule has 4 nitrogen and oxygen atoms in total. The number of benzene rings is 2. The highest BCUT2D eigenvalue weighted by molar-refractivity contribution is 7.75. The molecular weight excluding hydrogens is 310 g/mol. The van der Waals surface area contributed by atoms with Crippen LogP contribution in [0.3, 0.4) is 0 Å². The molecule has 0 aromatic heterocycles. The summed E-state index contributed by atoms with van der Waals surface area (Å²) in [5, 5.41) is 0. The molecule has 0 aliphatic heterocycles. The summed E-state index contributed by atoms with van der Waals surface area (Å²) in [6, 6.07) is 12.4. The molecule has 0 fully saturated rings. The maximum atomic E-state index is 12.1. The Morgan fingerprint density at radius 2 is 0.950 bits per heavy atom. The van der Waals surface area contributed by atoms with Crippen LogP contribution in [0.5, 0.6) is 11.5 Å². The quantitative estimate of drug-likeness (QED) is 0.794. The van der Waals surface area contributed by atoms with Crippen LogP contribution in [0.1, 0.15) is 0 Å². The Labute approximate surface area is 119 Å². The molecule has 2 unspecified atom stereocenters. The first kappa shape index (κ1) is 14.6. The monoisotopic (exact) mass is 318 g/mol. The number of rotatable bonds is 5. The van der Waals surface area contributed by atoms with Gasteiger partial charge in [0.2, 0.25) is 0 Å². The molecule has 0 N–H and O–H groups in total. The van der Waals surface area contributed by atoms with Gasteiger partial charge >= 0.3 is 22.9 Å². The molecule has 0 amide bonds. The van der Waals surface area contributed by atoms with Gasteiger partial charge in [-0.1, -0.05) is 32.0 Å². The molecule has 0 saturated carbocycles. The maximum Gasteiger partial charge on any atom is 0.401 e. The van der Waals surface area contributed by atoms with E-state index in [0.717, 1.165) is 11.1 Å². The first-order valence-electron chi connectivity index (χ1n) is 5.28. The highest BCUT2D eigenvalue weighted by Gasteiger charge is 2.04. The van der Waals surface area contributed by atoms with Gasteiger partial charge in [-0.2, -0.15) is 8.42 Å². The van der Waals surface area contributed by atoms with Crippen LogP contribution < -0.4 is 8.37 Å². The lowest BCUT2D eigenvalue weighted by Gasteiger charge is -2.04. The Bertz CT molecular complexity index is 571. The van der Waals surface area contributed by atoms with E-state index in [9.17, 15) is 16.2 Å². The van der Waals surface area contributed by atoms with Crippen molar-refractivity contribution >= 4 is 22.9 Å². The first-order chi connectivity index (χ1) is 9.54. The predicted octanol–water partition coefficient (Wildman–Crippen LogP) is 3.21. The van der Waals surface area contributed by atoms with Crippen LogP contribution in [0.4, 0.5) is 7.77 Å². The minimum atomic E-state index is -2.86. The molecule has 2 atom stereocenters. The Balaban J connectivity index is 2.15. The summed E-state index contributed by atoms with van der Waals surface area (Å²) in [5.74, 6) is 0.282. The minimum absolute atomic E-state index is 0.141. The Morgan fingerprint density at radius 3 is 1.20 bits per heavy atom. The second-order valence-corrected chi connectivity index (χ2v) is 4.71. The van der Waals surface area contributed by atoms with Crippen molar-refractivity contribution in [3.63, 3.8) is 0 Å². The fourth-order valence-electron chi connectivity index (χ4n) is 1.56. The van der Waals surface area contributed by atoms with Crippen molar-refractivity contribution in [1.82, 2.24) is 0 Å². The summed E-state index contributed by atoms with van der Waals surface area (Å²) in [6.45, 7) is 0. The van der Waals surface area contributed by atoms with E-state index < -0.39 is 22.9 Å².